The van der Waals surface area contributed by atoms with Gasteiger partial charge in [0.1, 0.15) is 0 Å². The quantitative estimate of drug-likeness (QED) is 0.849. The molecule has 0 aromatic carbocycles. The van der Waals surface area contributed by atoms with Gasteiger partial charge in [-0.2, -0.15) is 0 Å². The molecule has 2 aliphatic carbocycles. The van der Waals surface area contributed by atoms with Gasteiger partial charge in [0.05, 0.1) is 6.54 Å². The molecule has 1 aromatic heterocycles. The molecular formula is C14H20N2S2. The van der Waals surface area contributed by atoms with E-state index in [4.69, 9.17) is 12.2 Å². The molecule has 3 rings (SSSR count). The Bertz CT molecular complexity index is 392. The van der Waals surface area contributed by atoms with E-state index in [0.717, 1.165) is 11.7 Å². The predicted octanol–water partition coefficient (Wildman–Crippen LogP) is 3.53. The molecule has 0 atom stereocenters. The molecule has 0 bridgehead atoms. The second-order valence-electron chi connectivity index (χ2n) is 5.37. The molecular weight excluding hydrogens is 260 g/mol. The summed E-state index contributed by atoms with van der Waals surface area (Å²) in [4.78, 5) is 3.86. The number of hydrogen-bond donors (Lipinski definition) is 1. The van der Waals surface area contributed by atoms with Gasteiger partial charge in [-0.3, -0.25) is 0 Å². The van der Waals surface area contributed by atoms with Crippen LogP contribution >= 0.6 is 23.6 Å². The van der Waals surface area contributed by atoms with Crippen LogP contribution in [0.1, 0.15) is 43.4 Å². The minimum absolute atomic E-state index is 0.657. The summed E-state index contributed by atoms with van der Waals surface area (Å²) in [5.41, 5.74) is 0. The molecule has 2 fully saturated rings. The SMILES string of the molecule is S=C(NC1CC1)N(Cc1cccs1)C1CCCC1. The van der Waals surface area contributed by atoms with E-state index in [1.807, 2.05) is 11.3 Å². The number of rotatable bonds is 4. The van der Waals surface area contributed by atoms with E-state index in [1.165, 1.54) is 43.4 Å². The molecule has 98 valence electrons. The van der Waals surface area contributed by atoms with E-state index in [9.17, 15) is 0 Å². The number of thiophene rings is 1. The van der Waals surface area contributed by atoms with Crippen LogP contribution in [0.5, 0.6) is 0 Å². The standard InChI is InChI=1S/C14H20N2S2/c17-14(15-11-7-8-11)16(12-4-1-2-5-12)10-13-6-3-9-18-13/h3,6,9,11-12H,1-2,4-5,7-8,10H2,(H,15,17). The number of hydrogen-bond acceptors (Lipinski definition) is 2. The van der Waals surface area contributed by atoms with E-state index in [2.05, 4.69) is 27.7 Å². The second-order valence-corrected chi connectivity index (χ2v) is 6.79. The molecule has 0 unspecified atom stereocenters. The van der Waals surface area contributed by atoms with Crippen molar-refractivity contribution in [1.82, 2.24) is 10.2 Å². The van der Waals surface area contributed by atoms with E-state index in [0.29, 0.717) is 12.1 Å². The fourth-order valence-corrected chi connectivity index (χ4v) is 3.72. The van der Waals surface area contributed by atoms with Crippen LogP contribution in [0.2, 0.25) is 0 Å². The summed E-state index contributed by atoms with van der Waals surface area (Å²) in [5.74, 6) is 0. The smallest absolute Gasteiger partial charge is 0.169 e. The lowest BCUT2D eigenvalue weighted by molar-refractivity contribution is 0.305. The monoisotopic (exact) mass is 280 g/mol. The number of nitrogens with one attached hydrogen (secondary N) is 1. The van der Waals surface area contributed by atoms with Crippen molar-refractivity contribution in [3.05, 3.63) is 22.4 Å². The topological polar surface area (TPSA) is 15.3 Å². The fraction of sp³-hybridized carbons (Fsp3) is 0.643. The van der Waals surface area contributed by atoms with Crippen LogP contribution in [-0.4, -0.2) is 22.1 Å². The Balaban J connectivity index is 1.67. The predicted molar refractivity (Wildman–Crippen MR) is 80.9 cm³/mol. The Hall–Kier alpha value is -0.610. The Morgan fingerprint density at radius 1 is 1.33 bits per heavy atom. The first-order valence-electron chi connectivity index (χ1n) is 6.92. The second kappa shape index (κ2) is 5.57. The van der Waals surface area contributed by atoms with E-state index >= 15 is 0 Å². The van der Waals surface area contributed by atoms with E-state index in [-0.39, 0.29) is 0 Å². The summed E-state index contributed by atoms with van der Waals surface area (Å²) in [5, 5.41) is 6.64. The van der Waals surface area contributed by atoms with Gasteiger partial charge in [-0.05, 0) is 49.3 Å². The normalized spacial score (nSPS) is 20.0. The van der Waals surface area contributed by atoms with Gasteiger partial charge >= 0.3 is 0 Å². The molecule has 0 aliphatic heterocycles. The zero-order valence-corrected chi connectivity index (χ0v) is 12.2. The molecule has 1 heterocycles. The highest BCUT2D eigenvalue weighted by atomic mass is 32.1. The summed E-state index contributed by atoms with van der Waals surface area (Å²) < 4.78 is 0. The molecule has 0 radical (unpaired) electrons. The maximum absolute atomic E-state index is 5.62. The van der Waals surface area contributed by atoms with Crippen LogP contribution in [0.4, 0.5) is 0 Å². The van der Waals surface area contributed by atoms with E-state index in [1.54, 1.807) is 0 Å². The van der Waals surface area contributed by atoms with Crippen molar-refractivity contribution in [2.75, 3.05) is 0 Å². The molecule has 0 amide bonds. The number of nitrogens with zero attached hydrogens (tertiary/aromatic N) is 1. The third-order valence-corrected chi connectivity index (χ3v) is 5.05. The summed E-state index contributed by atoms with van der Waals surface area (Å²) in [6, 6.07) is 5.66. The maximum Gasteiger partial charge on any atom is 0.169 e. The lowest BCUT2D eigenvalue weighted by Crippen LogP contribution is -2.45. The summed E-state index contributed by atoms with van der Waals surface area (Å²) in [6.07, 6.45) is 7.90. The van der Waals surface area contributed by atoms with Gasteiger partial charge in [-0.15, -0.1) is 11.3 Å². The molecule has 4 heteroatoms. The molecule has 1 aromatic rings. The van der Waals surface area contributed by atoms with Crippen LogP contribution in [0.25, 0.3) is 0 Å². The largest absolute Gasteiger partial charge is 0.360 e. The fourth-order valence-electron chi connectivity index (χ4n) is 2.64. The first-order chi connectivity index (χ1) is 8.83. The van der Waals surface area contributed by atoms with Crippen molar-refractivity contribution in [2.45, 2.75) is 57.2 Å². The lowest BCUT2D eigenvalue weighted by atomic mass is 10.2. The molecule has 2 aliphatic rings. The Morgan fingerprint density at radius 2 is 2.11 bits per heavy atom. The number of thiocarbonyl (C=S) groups is 1. The highest BCUT2D eigenvalue weighted by molar-refractivity contribution is 7.80. The van der Waals surface area contributed by atoms with Gasteiger partial charge in [0.25, 0.3) is 0 Å². The maximum atomic E-state index is 5.62. The zero-order valence-electron chi connectivity index (χ0n) is 10.6. The van der Waals surface area contributed by atoms with Crippen LogP contribution in [0, 0.1) is 0 Å². The third-order valence-electron chi connectivity index (χ3n) is 3.84. The highest BCUT2D eigenvalue weighted by Gasteiger charge is 2.28. The van der Waals surface area contributed by atoms with Crippen molar-refractivity contribution < 1.29 is 0 Å². The summed E-state index contributed by atoms with van der Waals surface area (Å²) in [6.45, 7) is 0.987. The van der Waals surface area contributed by atoms with Gasteiger partial charge < -0.3 is 10.2 Å². The van der Waals surface area contributed by atoms with Crippen molar-refractivity contribution in [2.24, 2.45) is 0 Å². The minimum atomic E-state index is 0.657. The van der Waals surface area contributed by atoms with E-state index < -0.39 is 0 Å². The summed E-state index contributed by atoms with van der Waals surface area (Å²) >= 11 is 7.45. The van der Waals surface area contributed by atoms with Crippen LogP contribution in [0.3, 0.4) is 0 Å². The molecule has 18 heavy (non-hydrogen) atoms. The van der Waals surface area contributed by atoms with Crippen LogP contribution < -0.4 is 5.32 Å². The minimum Gasteiger partial charge on any atom is -0.360 e. The van der Waals surface area contributed by atoms with Gasteiger partial charge in [-0.1, -0.05) is 18.9 Å². The molecule has 0 saturated heterocycles. The first-order valence-corrected chi connectivity index (χ1v) is 8.21. The zero-order chi connectivity index (χ0) is 12.4. The van der Waals surface area contributed by atoms with Crippen molar-refractivity contribution in [3.8, 4) is 0 Å². The van der Waals surface area contributed by atoms with Gasteiger partial charge in [-0.25, -0.2) is 0 Å². The molecule has 0 spiro atoms. The first kappa shape index (κ1) is 12.4. The van der Waals surface area contributed by atoms with Crippen LogP contribution in [0.15, 0.2) is 17.5 Å². The Kier molecular flexibility index (Phi) is 3.85. The average molecular weight is 280 g/mol. The van der Waals surface area contributed by atoms with Crippen molar-refractivity contribution in [1.29, 1.82) is 0 Å². The Labute approximate surface area is 118 Å². The Morgan fingerprint density at radius 3 is 2.72 bits per heavy atom. The third kappa shape index (κ3) is 3.04. The molecule has 2 saturated carbocycles. The average Bonchev–Trinajstić information content (AvgIpc) is 2.88. The molecule has 1 N–H and O–H groups in total. The van der Waals surface area contributed by atoms with Gasteiger partial charge in [0.2, 0.25) is 0 Å². The van der Waals surface area contributed by atoms with Gasteiger partial charge in [0, 0.05) is 17.0 Å². The molecule has 2 nitrogen and oxygen atoms in total. The lowest BCUT2D eigenvalue weighted by Gasteiger charge is -2.31. The van der Waals surface area contributed by atoms with Crippen molar-refractivity contribution in [3.63, 3.8) is 0 Å². The van der Waals surface area contributed by atoms with Crippen LogP contribution in [-0.2, 0) is 6.54 Å². The van der Waals surface area contributed by atoms with Gasteiger partial charge in [0.15, 0.2) is 5.11 Å². The highest BCUT2D eigenvalue weighted by Crippen LogP contribution is 2.27. The van der Waals surface area contributed by atoms with Crippen molar-refractivity contribution >= 4 is 28.7 Å². The summed E-state index contributed by atoms with van der Waals surface area (Å²) in [7, 11) is 0.